The van der Waals surface area contributed by atoms with E-state index in [2.05, 4.69) is 0 Å². The molecule has 0 saturated heterocycles. The summed E-state index contributed by atoms with van der Waals surface area (Å²) in [5.41, 5.74) is 3.71. The summed E-state index contributed by atoms with van der Waals surface area (Å²) < 4.78 is 32.2. The van der Waals surface area contributed by atoms with E-state index in [-0.39, 0.29) is 0 Å². The van der Waals surface area contributed by atoms with E-state index in [0.29, 0.717) is 27.9 Å². The number of benzene rings is 4. The average Bonchev–Trinajstić information content (AvgIpc) is 2.87. The van der Waals surface area contributed by atoms with Crippen LogP contribution in [0.1, 0.15) is 11.1 Å². The third kappa shape index (κ3) is 3.73. The highest BCUT2D eigenvalue weighted by Gasteiger charge is 2.40. The number of rotatable bonds is 5. The van der Waals surface area contributed by atoms with Crippen LogP contribution in [-0.4, -0.2) is 14.2 Å². The van der Waals surface area contributed by atoms with E-state index in [1.807, 2.05) is 97.1 Å². The Bertz CT molecular complexity index is 1390. The van der Waals surface area contributed by atoms with E-state index in [1.54, 1.807) is 20.3 Å². The van der Waals surface area contributed by atoms with Crippen molar-refractivity contribution in [3.05, 3.63) is 102 Å². The second-order valence-corrected chi connectivity index (χ2v) is 9.92. The molecule has 1 atom stereocenters. The van der Waals surface area contributed by atoms with Crippen LogP contribution in [0.2, 0.25) is 0 Å². The van der Waals surface area contributed by atoms with Gasteiger partial charge in [0.2, 0.25) is 0 Å². The topological polar surface area (TPSA) is 44.8 Å². The van der Waals surface area contributed by atoms with Crippen LogP contribution in [0.25, 0.3) is 23.3 Å². The molecule has 0 radical (unpaired) electrons. The fraction of sp³-hybridized carbons (Fsp3) is 0.0714. The summed E-state index contributed by atoms with van der Waals surface area (Å²) in [4.78, 5) is 0. The minimum absolute atomic E-state index is 0.473. The zero-order valence-electron chi connectivity index (χ0n) is 18.4. The first-order chi connectivity index (χ1) is 16.1. The van der Waals surface area contributed by atoms with Crippen LogP contribution < -0.4 is 24.6 Å². The number of hydrogen-bond acceptors (Lipinski definition) is 4. The highest BCUT2D eigenvalue weighted by molar-refractivity contribution is 7.75. The van der Waals surface area contributed by atoms with Crippen LogP contribution in [-0.2, 0) is 4.57 Å². The summed E-state index contributed by atoms with van der Waals surface area (Å²) >= 11 is 0. The molecule has 1 heterocycles. The fourth-order valence-corrected chi connectivity index (χ4v) is 6.53. The molecule has 0 aliphatic carbocycles. The Morgan fingerprint density at radius 1 is 0.697 bits per heavy atom. The molecule has 0 spiro atoms. The van der Waals surface area contributed by atoms with Gasteiger partial charge in [-0.3, -0.25) is 4.57 Å². The lowest BCUT2D eigenvalue weighted by Crippen LogP contribution is -2.26. The Morgan fingerprint density at radius 3 is 2.12 bits per heavy atom. The quantitative estimate of drug-likeness (QED) is 0.268. The molecule has 4 aromatic rings. The molecule has 0 N–H and O–H groups in total. The maximum absolute atomic E-state index is 14.6. The molecule has 0 fully saturated rings. The first kappa shape index (κ1) is 21.1. The van der Waals surface area contributed by atoms with E-state index in [4.69, 9.17) is 14.0 Å². The molecule has 5 heteroatoms. The van der Waals surface area contributed by atoms with Crippen LogP contribution in [0.4, 0.5) is 0 Å². The summed E-state index contributed by atoms with van der Waals surface area (Å²) in [5.74, 6) is 1.67. The number of hydrogen-bond donors (Lipinski definition) is 0. The van der Waals surface area contributed by atoms with Crippen LogP contribution in [0.3, 0.4) is 0 Å². The smallest absolute Gasteiger partial charge is 0.311 e. The van der Waals surface area contributed by atoms with Gasteiger partial charge in [0, 0.05) is 11.1 Å². The molecule has 4 aromatic carbocycles. The number of fused-ring (bicyclic) bond motifs is 3. The van der Waals surface area contributed by atoms with Crippen molar-refractivity contribution >= 4 is 30.1 Å². The molecule has 1 aliphatic heterocycles. The van der Waals surface area contributed by atoms with Gasteiger partial charge in [-0.15, -0.1) is 0 Å². The van der Waals surface area contributed by atoms with Gasteiger partial charge in [0.05, 0.1) is 24.8 Å². The molecule has 1 aliphatic rings. The minimum atomic E-state index is -3.51. The Balaban J connectivity index is 1.67. The van der Waals surface area contributed by atoms with Gasteiger partial charge in [-0.1, -0.05) is 78.9 Å². The van der Waals surface area contributed by atoms with E-state index in [1.165, 1.54) is 0 Å². The predicted molar refractivity (Wildman–Crippen MR) is 134 cm³/mol. The predicted octanol–water partition coefficient (Wildman–Crippen LogP) is 6.16. The van der Waals surface area contributed by atoms with E-state index in [0.717, 1.165) is 22.3 Å². The van der Waals surface area contributed by atoms with Gasteiger partial charge in [-0.05, 0) is 35.4 Å². The van der Waals surface area contributed by atoms with Crippen molar-refractivity contribution in [2.75, 3.05) is 14.2 Å². The normalized spacial score (nSPS) is 16.5. The Hall–Kier alpha value is -3.75. The van der Waals surface area contributed by atoms with Crippen LogP contribution in [0.15, 0.2) is 91.0 Å². The summed E-state index contributed by atoms with van der Waals surface area (Å²) in [6, 6.07) is 28.9. The number of methoxy groups -OCH3 is 2. The van der Waals surface area contributed by atoms with Gasteiger partial charge in [0.15, 0.2) is 0 Å². The second kappa shape index (κ2) is 8.65. The van der Waals surface area contributed by atoms with Crippen molar-refractivity contribution in [2.45, 2.75) is 0 Å². The third-order valence-electron chi connectivity index (χ3n) is 5.73. The van der Waals surface area contributed by atoms with Gasteiger partial charge < -0.3 is 14.0 Å². The molecule has 0 aromatic heterocycles. The van der Waals surface area contributed by atoms with E-state index >= 15 is 0 Å². The summed E-state index contributed by atoms with van der Waals surface area (Å²) in [7, 11) is -0.329. The van der Waals surface area contributed by atoms with E-state index < -0.39 is 7.37 Å². The Kier molecular flexibility index (Phi) is 5.53. The molecule has 0 bridgehead atoms. The largest absolute Gasteiger partial charge is 0.496 e. The van der Waals surface area contributed by atoms with Gasteiger partial charge in [-0.25, -0.2) is 0 Å². The lowest BCUT2D eigenvalue weighted by Gasteiger charge is -2.30. The fourth-order valence-electron chi connectivity index (χ4n) is 4.11. The van der Waals surface area contributed by atoms with Crippen molar-refractivity contribution < 1.29 is 18.6 Å². The van der Waals surface area contributed by atoms with Gasteiger partial charge >= 0.3 is 7.37 Å². The summed E-state index contributed by atoms with van der Waals surface area (Å²) in [5, 5.41) is 1.12. The maximum atomic E-state index is 14.6. The van der Waals surface area contributed by atoms with E-state index in [9.17, 15) is 4.57 Å². The minimum Gasteiger partial charge on any atom is -0.496 e. The molecule has 1 unspecified atom stereocenters. The second-order valence-electron chi connectivity index (χ2n) is 7.67. The molecule has 0 amide bonds. The van der Waals surface area contributed by atoms with Gasteiger partial charge in [0.25, 0.3) is 0 Å². The molecule has 33 heavy (non-hydrogen) atoms. The standard InChI is InChI=1S/C28H23O4P/c1-30-25-19-28(26(31-2)18-21(25)17-16-20-10-4-3-5-11-20)33(29)27-15-9-7-13-23(27)22-12-6-8-14-24(22)32-33/h3-19H,1-2H3/b17-16+. The summed E-state index contributed by atoms with van der Waals surface area (Å²) in [6.45, 7) is 0. The van der Waals surface area contributed by atoms with Crippen LogP contribution >= 0.6 is 7.37 Å². The SMILES string of the molecule is COc1cc(P2(=O)Oc3ccccc3-c3ccccc32)c(OC)cc1/C=C/c1ccccc1. The van der Waals surface area contributed by atoms with Crippen LogP contribution in [0.5, 0.6) is 17.2 Å². The molecule has 164 valence electrons. The highest BCUT2D eigenvalue weighted by Crippen LogP contribution is 2.55. The lowest BCUT2D eigenvalue weighted by molar-refractivity contribution is 0.403. The maximum Gasteiger partial charge on any atom is 0.311 e. The summed E-state index contributed by atoms with van der Waals surface area (Å²) in [6.07, 6.45) is 3.96. The zero-order valence-corrected chi connectivity index (χ0v) is 19.3. The highest BCUT2D eigenvalue weighted by atomic mass is 31.2. The van der Waals surface area contributed by atoms with Crippen molar-refractivity contribution in [3.63, 3.8) is 0 Å². The molecule has 5 rings (SSSR count). The third-order valence-corrected chi connectivity index (χ3v) is 8.19. The molecular weight excluding hydrogens is 431 g/mol. The van der Waals surface area contributed by atoms with Crippen LogP contribution in [0, 0.1) is 0 Å². The monoisotopic (exact) mass is 454 g/mol. The van der Waals surface area contributed by atoms with Crippen molar-refractivity contribution in [3.8, 4) is 28.4 Å². The number of para-hydroxylation sites is 1. The first-order valence-corrected chi connectivity index (χ1v) is 12.2. The average molecular weight is 454 g/mol. The first-order valence-electron chi connectivity index (χ1n) is 10.6. The Labute approximate surface area is 193 Å². The van der Waals surface area contributed by atoms with Gasteiger partial charge in [0.1, 0.15) is 17.2 Å². The number of ether oxygens (including phenoxy) is 2. The Morgan fingerprint density at radius 2 is 1.36 bits per heavy atom. The van der Waals surface area contributed by atoms with Crippen molar-refractivity contribution in [1.82, 2.24) is 0 Å². The molecular formula is C28H23O4P. The van der Waals surface area contributed by atoms with Crippen molar-refractivity contribution in [1.29, 1.82) is 0 Å². The zero-order chi connectivity index (χ0) is 22.8. The van der Waals surface area contributed by atoms with Crippen molar-refractivity contribution in [2.24, 2.45) is 0 Å². The molecule has 4 nitrogen and oxygen atoms in total. The lowest BCUT2D eigenvalue weighted by atomic mass is 10.0. The molecule has 0 saturated carbocycles. The van der Waals surface area contributed by atoms with Gasteiger partial charge in [-0.2, -0.15) is 0 Å².